The van der Waals surface area contributed by atoms with Crippen molar-refractivity contribution in [1.82, 2.24) is 29.3 Å². The minimum Gasteiger partial charge on any atom is -0.443 e. The van der Waals surface area contributed by atoms with E-state index in [1.165, 1.54) is 0 Å². The van der Waals surface area contributed by atoms with Gasteiger partial charge in [-0.05, 0) is 63.2 Å². The number of hydrogen-bond acceptors (Lipinski definition) is 9. The van der Waals surface area contributed by atoms with Gasteiger partial charge in [0.1, 0.15) is 22.9 Å². The lowest BCUT2D eigenvalue weighted by molar-refractivity contribution is 0.0248. The highest BCUT2D eigenvalue weighted by molar-refractivity contribution is 6.11. The first kappa shape index (κ1) is 26.7. The minimum atomic E-state index is -0.743. The summed E-state index contributed by atoms with van der Waals surface area (Å²) in [5.41, 5.74) is 3.48. The molecular formula is C30H34N8O3. The molecule has 0 bridgehead atoms. The van der Waals surface area contributed by atoms with Crippen LogP contribution in [0, 0.1) is 0 Å². The second kappa shape index (κ2) is 10.2. The Hall–Kier alpha value is -4.51. The number of aryl methyl sites for hydroxylation is 1. The number of hydrogen-bond donors (Lipinski definition) is 1. The number of piperazine rings is 1. The van der Waals surface area contributed by atoms with Crippen molar-refractivity contribution in [3.8, 4) is 11.1 Å². The van der Waals surface area contributed by atoms with Crippen molar-refractivity contribution >= 4 is 40.4 Å². The summed E-state index contributed by atoms with van der Waals surface area (Å²) in [5, 5.41) is 4.22. The predicted octanol–water partition coefficient (Wildman–Crippen LogP) is 4.42. The topological polar surface area (TPSA) is 109 Å². The molecule has 1 saturated heterocycles. The van der Waals surface area contributed by atoms with Crippen LogP contribution in [0.5, 0.6) is 0 Å². The van der Waals surface area contributed by atoms with Gasteiger partial charge >= 0.3 is 6.09 Å². The van der Waals surface area contributed by atoms with E-state index in [1.807, 2.05) is 42.1 Å². The van der Waals surface area contributed by atoms with E-state index in [1.54, 1.807) is 39.4 Å². The van der Waals surface area contributed by atoms with Gasteiger partial charge in [-0.25, -0.2) is 24.6 Å². The van der Waals surface area contributed by atoms with E-state index in [9.17, 15) is 9.59 Å². The molecule has 0 aliphatic carbocycles. The first-order valence-corrected chi connectivity index (χ1v) is 13.7. The third kappa shape index (κ3) is 5.08. The molecule has 1 N–H and O–H groups in total. The van der Waals surface area contributed by atoms with Gasteiger partial charge in [-0.3, -0.25) is 4.79 Å². The number of carbonyl (C=O) groups is 2. The highest BCUT2D eigenvalue weighted by Crippen LogP contribution is 2.39. The summed E-state index contributed by atoms with van der Waals surface area (Å²) in [6.45, 7) is 9.24. The van der Waals surface area contributed by atoms with Crippen LogP contribution in [0.4, 0.5) is 22.1 Å². The average Bonchev–Trinajstić information content (AvgIpc) is 3.49. The molecule has 0 radical (unpaired) electrons. The summed E-state index contributed by atoms with van der Waals surface area (Å²) < 4.78 is 7.52. The smallest absolute Gasteiger partial charge is 0.417 e. The molecule has 0 atom stereocenters. The van der Waals surface area contributed by atoms with Crippen molar-refractivity contribution in [2.24, 2.45) is 7.05 Å². The largest absolute Gasteiger partial charge is 0.443 e. The van der Waals surface area contributed by atoms with Crippen LogP contribution < -0.4 is 10.2 Å². The van der Waals surface area contributed by atoms with E-state index in [2.05, 4.69) is 32.1 Å². The van der Waals surface area contributed by atoms with Crippen LogP contribution in [-0.4, -0.2) is 80.1 Å². The molecule has 6 heterocycles. The van der Waals surface area contributed by atoms with E-state index < -0.39 is 17.6 Å². The van der Waals surface area contributed by atoms with Crippen LogP contribution in [0.15, 0.2) is 49.1 Å². The predicted molar refractivity (Wildman–Crippen MR) is 157 cm³/mol. The minimum absolute atomic E-state index is 0.0762. The zero-order chi connectivity index (χ0) is 28.9. The summed E-state index contributed by atoms with van der Waals surface area (Å²) in [6.07, 6.45) is 6.50. The third-order valence-electron chi connectivity index (χ3n) is 7.47. The standard InChI is InChI=1S/C30H34N8O3/c1-30(2,3)41-29(40)38-18-23-22(20-8-10-31-27-21(20)9-11-36(27)5)17-33-26(25(23)28(38)39)34-19-6-7-24(32-16-19)37-14-12-35(4)13-15-37/h6-11,16-17H,12-15,18H2,1-5H3,(H,33,34). The fourth-order valence-corrected chi connectivity index (χ4v) is 5.32. The number of carbonyl (C=O) groups excluding carboxylic acids is 2. The summed E-state index contributed by atoms with van der Waals surface area (Å²) in [4.78, 5) is 46.4. The zero-order valence-electron chi connectivity index (χ0n) is 24.0. The fraction of sp³-hybridized carbons (Fsp3) is 0.367. The van der Waals surface area contributed by atoms with Crippen LogP contribution in [0.3, 0.4) is 0 Å². The second-order valence-corrected chi connectivity index (χ2v) is 11.6. The van der Waals surface area contributed by atoms with Gasteiger partial charge in [-0.15, -0.1) is 0 Å². The third-order valence-corrected chi connectivity index (χ3v) is 7.47. The quantitative estimate of drug-likeness (QED) is 0.392. The SMILES string of the molecule is CN1CCN(c2ccc(Nc3ncc(-c4ccnc5c4ccn5C)c4c3C(=O)N(C(=O)OC(C)(C)C)C4)cn2)CC1. The maximum atomic E-state index is 13.8. The van der Waals surface area contributed by atoms with E-state index in [-0.39, 0.29) is 6.54 Å². The number of pyridine rings is 3. The Labute approximate surface area is 238 Å². The van der Waals surface area contributed by atoms with Crippen molar-refractivity contribution in [2.75, 3.05) is 43.4 Å². The number of likely N-dealkylation sites (N-methyl/N-ethyl adjacent to an activating group) is 1. The van der Waals surface area contributed by atoms with E-state index >= 15 is 0 Å². The lowest BCUT2D eigenvalue weighted by Crippen LogP contribution is -2.44. The van der Waals surface area contributed by atoms with Crippen LogP contribution in [-0.2, 0) is 18.3 Å². The van der Waals surface area contributed by atoms with E-state index in [0.29, 0.717) is 22.6 Å². The fourth-order valence-electron chi connectivity index (χ4n) is 5.32. The van der Waals surface area contributed by atoms with Crippen molar-refractivity contribution in [3.63, 3.8) is 0 Å². The Morgan fingerprint density at radius 3 is 2.44 bits per heavy atom. The molecule has 11 heteroatoms. The van der Waals surface area contributed by atoms with Crippen LogP contribution in [0.25, 0.3) is 22.2 Å². The number of nitrogens with one attached hydrogen (secondary N) is 1. The highest BCUT2D eigenvalue weighted by atomic mass is 16.6. The van der Waals surface area contributed by atoms with Crippen molar-refractivity contribution in [1.29, 1.82) is 0 Å². The van der Waals surface area contributed by atoms with Crippen LogP contribution >= 0.6 is 0 Å². The molecule has 0 aromatic carbocycles. The second-order valence-electron chi connectivity index (χ2n) is 11.6. The number of anilines is 3. The van der Waals surface area contributed by atoms with Gasteiger partial charge in [-0.2, -0.15) is 0 Å². The van der Waals surface area contributed by atoms with Gasteiger partial charge in [0.25, 0.3) is 5.91 Å². The molecule has 1 fully saturated rings. The Kier molecular flexibility index (Phi) is 6.61. The van der Waals surface area contributed by atoms with Crippen LogP contribution in [0.2, 0.25) is 0 Å². The summed E-state index contributed by atoms with van der Waals surface area (Å²) in [7, 11) is 4.06. The maximum absolute atomic E-state index is 13.8. The number of imide groups is 1. The average molecular weight is 555 g/mol. The lowest BCUT2D eigenvalue weighted by Gasteiger charge is -2.33. The summed E-state index contributed by atoms with van der Waals surface area (Å²) in [5.74, 6) is 0.827. The lowest BCUT2D eigenvalue weighted by atomic mass is 9.97. The van der Waals surface area contributed by atoms with Gasteiger partial charge < -0.3 is 24.4 Å². The van der Waals surface area contributed by atoms with E-state index in [0.717, 1.165) is 59.1 Å². The normalized spacial score (nSPS) is 15.9. The first-order valence-electron chi connectivity index (χ1n) is 13.7. The van der Waals surface area contributed by atoms with Gasteiger partial charge in [0.2, 0.25) is 0 Å². The monoisotopic (exact) mass is 554 g/mol. The number of fused-ring (bicyclic) bond motifs is 2. The zero-order valence-corrected chi connectivity index (χ0v) is 24.0. The number of aromatic nitrogens is 4. The van der Waals surface area contributed by atoms with Crippen molar-refractivity contribution in [2.45, 2.75) is 32.9 Å². The molecule has 6 rings (SSSR count). The van der Waals surface area contributed by atoms with Gasteiger partial charge in [0, 0.05) is 62.8 Å². The van der Waals surface area contributed by atoms with Gasteiger partial charge in [0.15, 0.2) is 0 Å². The van der Waals surface area contributed by atoms with Crippen molar-refractivity contribution in [3.05, 3.63) is 60.2 Å². The summed E-state index contributed by atoms with van der Waals surface area (Å²) >= 11 is 0. The van der Waals surface area contributed by atoms with E-state index in [4.69, 9.17) is 9.72 Å². The Bertz CT molecular complexity index is 1630. The molecule has 0 spiro atoms. The molecule has 2 aliphatic heterocycles. The first-order chi connectivity index (χ1) is 19.6. The summed E-state index contributed by atoms with van der Waals surface area (Å²) in [6, 6.07) is 7.81. The van der Waals surface area contributed by atoms with Crippen molar-refractivity contribution < 1.29 is 14.3 Å². The van der Waals surface area contributed by atoms with Gasteiger partial charge in [0.05, 0.1) is 24.0 Å². The Morgan fingerprint density at radius 1 is 0.951 bits per heavy atom. The molecule has 2 aliphatic rings. The molecule has 0 saturated carbocycles. The molecule has 0 unspecified atom stereocenters. The van der Waals surface area contributed by atoms with Gasteiger partial charge in [-0.1, -0.05) is 0 Å². The molecular weight excluding hydrogens is 520 g/mol. The highest BCUT2D eigenvalue weighted by Gasteiger charge is 2.39. The number of nitrogens with zero attached hydrogens (tertiary/aromatic N) is 7. The molecule has 11 nitrogen and oxygen atoms in total. The number of amides is 2. The number of ether oxygens (including phenoxy) is 1. The molecule has 41 heavy (non-hydrogen) atoms. The molecule has 4 aromatic heterocycles. The van der Waals surface area contributed by atoms with Crippen LogP contribution in [0.1, 0.15) is 36.7 Å². The molecule has 4 aromatic rings. The molecule has 212 valence electrons. The number of rotatable bonds is 4. The Morgan fingerprint density at radius 2 is 1.73 bits per heavy atom. The Balaban J connectivity index is 1.37. The molecule has 2 amide bonds. The maximum Gasteiger partial charge on any atom is 0.417 e.